The molecule has 134 valence electrons. The van der Waals surface area contributed by atoms with Gasteiger partial charge in [-0.05, 0) is 25.3 Å². The number of hydrogen-bond donors (Lipinski definition) is 2. The molecule has 0 saturated carbocycles. The first-order chi connectivity index (χ1) is 11.8. The van der Waals surface area contributed by atoms with Crippen LogP contribution in [-0.4, -0.2) is 65.3 Å². The molecule has 0 aromatic carbocycles. The lowest BCUT2D eigenvalue weighted by Gasteiger charge is -2.35. The van der Waals surface area contributed by atoms with Crippen molar-refractivity contribution in [2.24, 2.45) is 4.99 Å². The monoisotopic (exact) mass is 345 g/mol. The number of aromatic amines is 1. The number of H-pyrrole nitrogens is 1. The van der Waals surface area contributed by atoms with Gasteiger partial charge in [0.1, 0.15) is 5.54 Å². The lowest BCUT2D eigenvalue weighted by Crippen LogP contribution is -2.50. The SMILES string of the molecule is CCc1cc(C(=O)N2CCC3(CC2)N=C(N(C)C)NC3=O)cc(=O)[nH]1. The van der Waals surface area contributed by atoms with Gasteiger partial charge in [-0.15, -0.1) is 0 Å². The van der Waals surface area contributed by atoms with Gasteiger partial charge in [0.05, 0.1) is 0 Å². The van der Waals surface area contributed by atoms with Crippen molar-refractivity contribution < 1.29 is 9.59 Å². The molecule has 8 nitrogen and oxygen atoms in total. The zero-order valence-corrected chi connectivity index (χ0v) is 14.8. The number of rotatable bonds is 2. The van der Waals surface area contributed by atoms with Crippen molar-refractivity contribution in [3.05, 3.63) is 33.7 Å². The Labute approximate surface area is 145 Å². The number of nitrogens with one attached hydrogen (secondary N) is 2. The fraction of sp³-hybridized carbons (Fsp3) is 0.529. The van der Waals surface area contributed by atoms with Crippen molar-refractivity contribution in [2.45, 2.75) is 31.7 Å². The number of hydrogen-bond acceptors (Lipinski definition) is 5. The Morgan fingerprint density at radius 3 is 2.52 bits per heavy atom. The number of piperidine rings is 1. The van der Waals surface area contributed by atoms with Crippen LogP contribution in [0, 0.1) is 0 Å². The Morgan fingerprint density at radius 2 is 1.96 bits per heavy atom. The minimum absolute atomic E-state index is 0.104. The van der Waals surface area contributed by atoms with Crippen molar-refractivity contribution in [2.75, 3.05) is 27.2 Å². The molecule has 1 fully saturated rings. The number of amides is 2. The molecule has 0 aliphatic carbocycles. The Hall–Kier alpha value is -2.64. The molecular formula is C17H23N5O3. The summed E-state index contributed by atoms with van der Waals surface area (Å²) in [6, 6.07) is 3.05. The van der Waals surface area contributed by atoms with E-state index in [1.54, 1.807) is 15.9 Å². The second kappa shape index (κ2) is 6.34. The van der Waals surface area contributed by atoms with Gasteiger partial charge in [-0.2, -0.15) is 0 Å². The molecule has 3 rings (SSSR count). The van der Waals surface area contributed by atoms with Crippen LogP contribution in [0.3, 0.4) is 0 Å². The van der Waals surface area contributed by atoms with Gasteiger partial charge >= 0.3 is 0 Å². The largest absolute Gasteiger partial charge is 0.349 e. The Bertz CT molecular complexity index is 788. The zero-order chi connectivity index (χ0) is 18.2. The van der Waals surface area contributed by atoms with E-state index in [1.165, 1.54) is 6.07 Å². The van der Waals surface area contributed by atoms with Gasteiger partial charge in [0.25, 0.3) is 11.8 Å². The third-order valence-corrected chi connectivity index (χ3v) is 4.80. The standard InChI is InChI=1S/C17H23N5O3/c1-4-12-9-11(10-13(23)18-12)14(24)22-7-5-17(6-8-22)15(25)19-16(20-17)21(2)3/h9-10H,4-8H2,1-3H3,(H,18,23)(H,19,20,25). The molecule has 1 aromatic heterocycles. The summed E-state index contributed by atoms with van der Waals surface area (Å²) in [6.45, 7) is 2.79. The molecule has 0 atom stereocenters. The van der Waals surface area contributed by atoms with Crippen LogP contribution in [0.1, 0.15) is 35.8 Å². The predicted octanol–water partition coefficient (Wildman–Crippen LogP) is -0.0405. The summed E-state index contributed by atoms with van der Waals surface area (Å²) in [5, 5.41) is 2.80. The minimum atomic E-state index is -0.779. The molecule has 2 amide bonds. The molecule has 1 aromatic rings. The van der Waals surface area contributed by atoms with Gasteiger partial charge in [0.15, 0.2) is 0 Å². The van der Waals surface area contributed by atoms with Crippen LogP contribution < -0.4 is 10.9 Å². The number of carbonyl (C=O) groups excluding carboxylic acids is 2. The molecule has 1 spiro atoms. The van der Waals surface area contributed by atoms with Crippen LogP contribution in [0.5, 0.6) is 0 Å². The van der Waals surface area contributed by atoms with E-state index in [0.717, 1.165) is 5.69 Å². The van der Waals surface area contributed by atoms with Gasteiger partial charge in [0, 0.05) is 44.5 Å². The topological polar surface area (TPSA) is 97.9 Å². The average molecular weight is 345 g/mol. The first-order valence-electron chi connectivity index (χ1n) is 8.46. The van der Waals surface area contributed by atoms with Crippen molar-refractivity contribution in [1.82, 2.24) is 20.1 Å². The highest BCUT2D eigenvalue weighted by molar-refractivity contribution is 6.07. The first kappa shape index (κ1) is 17.2. The number of aromatic nitrogens is 1. The first-order valence-corrected chi connectivity index (χ1v) is 8.46. The summed E-state index contributed by atoms with van der Waals surface area (Å²) in [7, 11) is 3.66. The maximum atomic E-state index is 12.7. The van der Waals surface area contributed by atoms with Crippen LogP contribution in [0.2, 0.25) is 0 Å². The maximum absolute atomic E-state index is 12.7. The normalized spacial score (nSPS) is 18.9. The van der Waals surface area contributed by atoms with E-state index in [0.29, 0.717) is 43.9 Å². The molecular weight excluding hydrogens is 322 g/mol. The van der Waals surface area contributed by atoms with Gasteiger partial charge in [-0.3, -0.25) is 19.7 Å². The minimum Gasteiger partial charge on any atom is -0.349 e. The summed E-state index contributed by atoms with van der Waals surface area (Å²) in [5.74, 6) is 0.283. The molecule has 0 bridgehead atoms. The maximum Gasteiger partial charge on any atom is 0.254 e. The van der Waals surface area contributed by atoms with Gasteiger partial charge < -0.3 is 14.8 Å². The smallest absolute Gasteiger partial charge is 0.254 e. The zero-order valence-electron chi connectivity index (χ0n) is 14.8. The second-order valence-electron chi connectivity index (χ2n) is 6.72. The highest BCUT2D eigenvalue weighted by Crippen LogP contribution is 2.30. The van der Waals surface area contributed by atoms with E-state index in [4.69, 9.17) is 0 Å². The number of aryl methyl sites for hydroxylation is 1. The van der Waals surface area contributed by atoms with Gasteiger partial charge in [-0.1, -0.05) is 6.92 Å². The summed E-state index contributed by atoms with van der Waals surface area (Å²) >= 11 is 0. The van der Waals surface area contributed by atoms with Gasteiger partial charge in [-0.25, -0.2) is 4.99 Å². The van der Waals surface area contributed by atoms with E-state index in [2.05, 4.69) is 15.3 Å². The third-order valence-electron chi connectivity index (χ3n) is 4.80. The number of guanidine groups is 1. The molecule has 25 heavy (non-hydrogen) atoms. The van der Waals surface area contributed by atoms with E-state index >= 15 is 0 Å². The molecule has 2 N–H and O–H groups in total. The van der Waals surface area contributed by atoms with Crippen LogP contribution in [0.4, 0.5) is 0 Å². The third kappa shape index (κ3) is 3.16. The van der Waals surface area contributed by atoms with Crippen LogP contribution >= 0.6 is 0 Å². The van der Waals surface area contributed by atoms with Crippen LogP contribution in [0.25, 0.3) is 0 Å². The Morgan fingerprint density at radius 1 is 1.28 bits per heavy atom. The van der Waals surface area contributed by atoms with Crippen LogP contribution in [-0.2, 0) is 11.2 Å². The Balaban J connectivity index is 1.74. The average Bonchev–Trinajstić information content (AvgIpc) is 2.91. The fourth-order valence-electron chi connectivity index (χ4n) is 3.23. The van der Waals surface area contributed by atoms with Crippen molar-refractivity contribution in [3.63, 3.8) is 0 Å². The summed E-state index contributed by atoms with van der Waals surface area (Å²) < 4.78 is 0. The molecule has 0 unspecified atom stereocenters. The van der Waals surface area contributed by atoms with Crippen molar-refractivity contribution in [3.8, 4) is 0 Å². The lowest BCUT2D eigenvalue weighted by atomic mass is 9.88. The molecule has 8 heteroatoms. The highest BCUT2D eigenvalue weighted by Gasteiger charge is 2.46. The van der Waals surface area contributed by atoms with E-state index < -0.39 is 5.54 Å². The van der Waals surface area contributed by atoms with E-state index in [-0.39, 0.29) is 17.4 Å². The van der Waals surface area contributed by atoms with Crippen molar-refractivity contribution in [1.29, 1.82) is 0 Å². The lowest BCUT2D eigenvalue weighted by molar-refractivity contribution is -0.125. The summed E-state index contributed by atoms with van der Waals surface area (Å²) in [5.41, 5.74) is 0.0789. The molecule has 2 aliphatic rings. The Kier molecular flexibility index (Phi) is 4.36. The molecule has 0 radical (unpaired) electrons. The quantitative estimate of drug-likeness (QED) is 0.786. The highest BCUT2D eigenvalue weighted by atomic mass is 16.2. The number of carbonyl (C=O) groups is 2. The number of likely N-dealkylation sites (tertiary alicyclic amines) is 1. The molecule has 2 aliphatic heterocycles. The van der Waals surface area contributed by atoms with Crippen LogP contribution in [0.15, 0.2) is 21.9 Å². The number of pyridine rings is 1. The fourth-order valence-corrected chi connectivity index (χ4v) is 3.23. The number of nitrogens with zero attached hydrogens (tertiary/aromatic N) is 3. The summed E-state index contributed by atoms with van der Waals surface area (Å²) in [4.78, 5) is 47.5. The van der Waals surface area contributed by atoms with Crippen molar-refractivity contribution >= 4 is 17.8 Å². The second-order valence-corrected chi connectivity index (χ2v) is 6.72. The molecule has 3 heterocycles. The summed E-state index contributed by atoms with van der Waals surface area (Å²) in [6.07, 6.45) is 1.61. The molecule has 1 saturated heterocycles. The predicted molar refractivity (Wildman–Crippen MR) is 93.6 cm³/mol. The van der Waals surface area contributed by atoms with E-state index in [9.17, 15) is 14.4 Å². The van der Waals surface area contributed by atoms with E-state index in [1.807, 2.05) is 21.0 Å². The van der Waals surface area contributed by atoms with Gasteiger partial charge in [0.2, 0.25) is 11.5 Å². The number of aliphatic imine (C=N–C) groups is 1.